The van der Waals surface area contributed by atoms with E-state index in [9.17, 15) is 4.79 Å². The SMILES string of the molecule is O=C(c1ccc(OC[CH]Cn2ncnn2)cc1)N1CC[C@H](c2ccc(Cl)cc2)C1. The van der Waals surface area contributed by atoms with Gasteiger partial charge in [0.15, 0.2) is 6.33 Å². The molecule has 1 amide bonds. The standard InChI is InChI=1S/C21H21ClN5O2/c22-19-6-2-16(3-7-19)18-10-12-26(14-18)21(28)17-4-8-20(9-5-17)29-13-1-11-27-24-15-23-25-27/h1-9,15,18H,10-14H2/t18-/m0/s1. The molecule has 7 nitrogen and oxygen atoms in total. The van der Waals surface area contributed by atoms with Crippen LogP contribution in [0.15, 0.2) is 54.9 Å². The maximum Gasteiger partial charge on any atom is 0.253 e. The van der Waals surface area contributed by atoms with Crippen LogP contribution in [0.25, 0.3) is 0 Å². The highest BCUT2D eigenvalue weighted by Crippen LogP contribution is 2.29. The van der Waals surface area contributed by atoms with Gasteiger partial charge in [-0.3, -0.25) is 4.79 Å². The minimum absolute atomic E-state index is 0.0526. The number of carbonyl (C=O) groups excluding carboxylic acids is 1. The largest absolute Gasteiger partial charge is 0.493 e. The number of amides is 1. The van der Waals surface area contributed by atoms with E-state index < -0.39 is 0 Å². The molecule has 1 fully saturated rings. The summed E-state index contributed by atoms with van der Waals surface area (Å²) >= 11 is 5.97. The molecule has 1 radical (unpaired) electrons. The van der Waals surface area contributed by atoms with Crippen LogP contribution in [0.1, 0.15) is 28.3 Å². The Balaban J connectivity index is 1.27. The van der Waals surface area contributed by atoms with Gasteiger partial charge in [-0.1, -0.05) is 23.7 Å². The fourth-order valence-electron chi connectivity index (χ4n) is 3.42. The van der Waals surface area contributed by atoms with Crippen LogP contribution in [0.3, 0.4) is 0 Å². The predicted molar refractivity (Wildman–Crippen MR) is 109 cm³/mol. The summed E-state index contributed by atoms with van der Waals surface area (Å²) in [5.41, 5.74) is 1.90. The third-order valence-electron chi connectivity index (χ3n) is 4.97. The first-order valence-corrected chi connectivity index (χ1v) is 9.87. The first kappa shape index (κ1) is 19.4. The van der Waals surface area contributed by atoms with Gasteiger partial charge in [0, 0.05) is 36.0 Å². The number of aromatic nitrogens is 4. The van der Waals surface area contributed by atoms with Crippen LogP contribution in [-0.4, -0.2) is 50.7 Å². The molecule has 8 heteroatoms. The number of carbonyl (C=O) groups is 1. The summed E-state index contributed by atoms with van der Waals surface area (Å²) in [6.45, 7) is 2.43. The zero-order valence-corrected chi connectivity index (χ0v) is 16.6. The number of ether oxygens (including phenoxy) is 1. The number of nitrogens with zero attached hydrogens (tertiary/aromatic N) is 5. The molecule has 2 aromatic carbocycles. The quantitative estimate of drug-likeness (QED) is 0.559. The molecule has 0 N–H and O–H groups in total. The van der Waals surface area contributed by atoms with Gasteiger partial charge in [-0.05, 0) is 53.6 Å². The van der Waals surface area contributed by atoms with Crippen LogP contribution in [0.4, 0.5) is 0 Å². The van der Waals surface area contributed by atoms with Gasteiger partial charge >= 0.3 is 0 Å². The highest BCUT2D eigenvalue weighted by Gasteiger charge is 2.27. The zero-order chi connectivity index (χ0) is 20.1. The number of hydrogen-bond acceptors (Lipinski definition) is 5. The average Bonchev–Trinajstić information content (AvgIpc) is 3.44. The lowest BCUT2D eigenvalue weighted by Crippen LogP contribution is -2.28. The molecule has 1 aromatic heterocycles. The lowest BCUT2D eigenvalue weighted by atomic mass is 9.99. The van der Waals surface area contributed by atoms with E-state index >= 15 is 0 Å². The van der Waals surface area contributed by atoms with Crippen molar-refractivity contribution in [3.63, 3.8) is 0 Å². The number of halogens is 1. The van der Waals surface area contributed by atoms with Crippen LogP contribution in [0.5, 0.6) is 5.75 Å². The van der Waals surface area contributed by atoms with Crippen LogP contribution >= 0.6 is 11.6 Å². The van der Waals surface area contributed by atoms with Crippen molar-refractivity contribution in [3.05, 3.63) is 77.4 Å². The molecular formula is C21H21ClN5O2. The molecule has 0 saturated carbocycles. The van der Waals surface area contributed by atoms with Crippen LogP contribution in [-0.2, 0) is 6.54 Å². The van der Waals surface area contributed by atoms with E-state index in [-0.39, 0.29) is 5.91 Å². The van der Waals surface area contributed by atoms with Gasteiger partial charge in [0.25, 0.3) is 5.91 Å². The average molecular weight is 411 g/mol. The van der Waals surface area contributed by atoms with Gasteiger partial charge in [0.05, 0.1) is 13.2 Å². The van der Waals surface area contributed by atoms with Gasteiger partial charge in [0.2, 0.25) is 0 Å². The lowest BCUT2D eigenvalue weighted by Gasteiger charge is -2.17. The van der Waals surface area contributed by atoms with Gasteiger partial charge in [-0.15, -0.1) is 10.2 Å². The molecule has 0 aliphatic carbocycles. The summed E-state index contributed by atoms with van der Waals surface area (Å²) in [7, 11) is 0. The van der Waals surface area contributed by atoms with Crippen LogP contribution < -0.4 is 4.74 Å². The zero-order valence-electron chi connectivity index (χ0n) is 15.8. The first-order valence-electron chi connectivity index (χ1n) is 9.49. The Hall–Kier alpha value is -2.93. The summed E-state index contributed by atoms with van der Waals surface area (Å²) in [6.07, 6.45) is 4.26. The van der Waals surface area contributed by atoms with Gasteiger partial charge in [-0.2, -0.15) is 4.80 Å². The smallest absolute Gasteiger partial charge is 0.253 e. The van der Waals surface area contributed by atoms with E-state index in [4.69, 9.17) is 16.3 Å². The number of benzene rings is 2. The molecule has 0 unspecified atom stereocenters. The summed E-state index contributed by atoms with van der Waals surface area (Å²) in [6, 6.07) is 15.2. The molecule has 3 aromatic rings. The Labute approximate surface area is 174 Å². The topological polar surface area (TPSA) is 73.1 Å². The maximum absolute atomic E-state index is 12.8. The highest BCUT2D eigenvalue weighted by atomic mass is 35.5. The number of tetrazole rings is 1. The second-order valence-corrected chi connectivity index (χ2v) is 7.34. The van der Waals surface area contributed by atoms with E-state index in [1.807, 2.05) is 59.9 Å². The molecular weight excluding hydrogens is 390 g/mol. The maximum atomic E-state index is 12.8. The van der Waals surface area contributed by atoms with Crippen molar-refractivity contribution in [1.82, 2.24) is 25.1 Å². The van der Waals surface area contributed by atoms with E-state index in [2.05, 4.69) is 15.4 Å². The Morgan fingerprint density at radius 2 is 1.97 bits per heavy atom. The van der Waals surface area contributed by atoms with Crippen molar-refractivity contribution in [2.24, 2.45) is 0 Å². The first-order chi connectivity index (χ1) is 14.2. The predicted octanol–water partition coefficient (Wildman–Crippen LogP) is 3.24. The number of likely N-dealkylation sites (tertiary alicyclic amines) is 1. The lowest BCUT2D eigenvalue weighted by molar-refractivity contribution is 0.0790. The second-order valence-electron chi connectivity index (χ2n) is 6.90. The molecule has 1 saturated heterocycles. The molecule has 29 heavy (non-hydrogen) atoms. The third kappa shape index (κ3) is 4.92. The summed E-state index contributed by atoms with van der Waals surface area (Å²) < 4.78 is 5.67. The fourth-order valence-corrected chi connectivity index (χ4v) is 3.55. The molecule has 0 bridgehead atoms. The number of rotatable bonds is 7. The van der Waals surface area contributed by atoms with E-state index in [0.717, 1.165) is 24.5 Å². The Bertz CT molecular complexity index is 929. The Morgan fingerprint density at radius 1 is 1.17 bits per heavy atom. The molecule has 4 rings (SSSR count). The van der Waals surface area contributed by atoms with Gasteiger partial charge in [0.1, 0.15) is 5.75 Å². The Morgan fingerprint density at radius 3 is 2.69 bits per heavy atom. The van der Waals surface area contributed by atoms with Crippen molar-refractivity contribution in [2.75, 3.05) is 19.7 Å². The van der Waals surface area contributed by atoms with E-state index in [0.29, 0.717) is 30.4 Å². The van der Waals surface area contributed by atoms with Crippen molar-refractivity contribution in [1.29, 1.82) is 0 Å². The molecule has 1 aliphatic rings. The fraction of sp³-hybridized carbons (Fsp3) is 0.286. The van der Waals surface area contributed by atoms with Crippen molar-refractivity contribution in [2.45, 2.75) is 18.9 Å². The Kier molecular flexibility index (Phi) is 6.05. The summed E-state index contributed by atoms with van der Waals surface area (Å²) in [4.78, 5) is 16.2. The minimum atomic E-state index is 0.0526. The molecule has 149 valence electrons. The second kappa shape index (κ2) is 9.05. The van der Waals surface area contributed by atoms with Crippen molar-refractivity contribution < 1.29 is 9.53 Å². The van der Waals surface area contributed by atoms with Crippen molar-refractivity contribution >= 4 is 17.5 Å². The number of hydrogen-bond donors (Lipinski definition) is 0. The molecule has 0 spiro atoms. The van der Waals surface area contributed by atoms with Gasteiger partial charge in [-0.25, -0.2) is 0 Å². The van der Waals surface area contributed by atoms with Crippen LogP contribution in [0.2, 0.25) is 5.02 Å². The van der Waals surface area contributed by atoms with Crippen LogP contribution in [0, 0.1) is 6.42 Å². The normalized spacial score (nSPS) is 16.2. The summed E-state index contributed by atoms with van der Waals surface area (Å²) in [5, 5.41) is 12.1. The molecule has 2 heterocycles. The molecule has 1 aliphatic heterocycles. The third-order valence-corrected chi connectivity index (χ3v) is 5.22. The van der Waals surface area contributed by atoms with Crippen molar-refractivity contribution in [3.8, 4) is 5.75 Å². The summed E-state index contributed by atoms with van der Waals surface area (Å²) in [5.74, 6) is 1.12. The molecule has 1 atom stereocenters. The van der Waals surface area contributed by atoms with E-state index in [1.165, 1.54) is 16.7 Å². The monoisotopic (exact) mass is 410 g/mol. The highest BCUT2D eigenvalue weighted by molar-refractivity contribution is 6.30. The minimum Gasteiger partial charge on any atom is -0.493 e. The van der Waals surface area contributed by atoms with Gasteiger partial charge < -0.3 is 9.64 Å². The van der Waals surface area contributed by atoms with E-state index in [1.54, 1.807) is 0 Å².